The molecule has 7 nitrogen and oxygen atoms in total. The number of carbonyl (C=O) groups is 1. The number of aliphatic hydroxyl groups excluding tert-OH is 3. The summed E-state index contributed by atoms with van der Waals surface area (Å²) < 4.78 is 11.9. The van der Waals surface area contributed by atoms with Gasteiger partial charge < -0.3 is 24.8 Å². The van der Waals surface area contributed by atoms with Gasteiger partial charge in [0.25, 0.3) is 0 Å². The molecule has 196 valence electrons. The molecule has 2 heterocycles. The van der Waals surface area contributed by atoms with Gasteiger partial charge in [0.05, 0.1) is 15.8 Å². The largest absolute Gasteiger partial charge is 0.494 e. The van der Waals surface area contributed by atoms with E-state index < -0.39 is 30.5 Å². The van der Waals surface area contributed by atoms with Gasteiger partial charge >= 0.3 is 0 Å². The Morgan fingerprint density at radius 2 is 1.81 bits per heavy atom. The molecule has 0 spiro atoms. The average molecular weight is 564 g/mol. The monoisotopic (exact) mass is 563 g/mol. The SMILES string of the molecule is CCOc1ccc(Cc2cc([C@@H]3O[C@H](C=NCC(=O)c4ccc(Cl)s4)[C@@H](O)[C@H](O)[C@H]3O)ccc2Cl)cc1. The zero-order chi connectivity index (χ0) is 26.5. The minimum Gasteiger partial charge on any atom is -0.494 e. The molecule has 3 N–H and O–H groups in total. The molecule has 1 fully saturated rings. The molecule has 1 aromatic heterocycles. The van der Waals surface area contributed by atoms with Crippen molar-refractivity contribution in [1.82, 2.24) is 0 Å². The molecule has 5 atom stereocenters. The summed E-state index contributed by atoms with van der Waals surface area (Å²) in [6.07, 6.45) is -4.44. The molecule has 1 saturated heterocycles. The average Bonchev–Trinajstić information content (AvgIpc) is 3.33. The van der Waals surface area contributed by atoms with E-state index in [2.05, 4.69) is 4.99 Å². The van der Waals surface area contributed by atoms with Crippen molar-refractivity contribution in [2.45, 2.75) is 43.9 Å². The number of rotatable bonds is 9. The molecule has 0 aliphatic carbocycles. The third-order valence-corrected chi connectivity index (χ3v) is 7.65. The first-order valence-electron chi connectivity index (χ1n) is 11.7. The normalized spacial score (nSPS) is 23.9. The smallest absolute Gasteiger partial charge is 0.194 e. The van der Waals surface area contributed by atoms with Crippen molar-refractivity contribution in [3.05, 3.63) is 85.5 Å². The molecule has 0 unspecified atom stereocenters. The van der Waals surface area contributed by atoms with Crippen LogP contribution in [0.4, 0.5) is 0 Å². The van der Waals surface area contributed by atoms with Gasteiger partial charge in [-0.3, -0.25) is 9.79 Å². The lowest BCUT2D eigenvalue weighted by molar-refractivity contribution is -0.205. The van der Waals surface area contributed by atoms with E-state index >= 15 is 0 Å². The van der Waals surface area contributed by atoms with Crippen LogP contribution in [-0.4, -0.2) is 64.9 Å². The van der Waals surface area contributed by atoms with E-state index in [0.29, 0.717) is 32.8 Å². The highest BCUT2D eigenvalue weighted by Gasteiger charge is 2.43. The summed E-state index contributed by atoms with van der Waals surface area (Å²) in [4.78, 5) is 16.9. The molecule has 0 radical (unpaired) electrons. The van der Waals surface area contributed by atoms with Crippen molar-refractivity contribution in [2.75, 3.05) is 13.2 Å². The second-order valence-corrected chi connectivity index (χ2v) is 10.7. The topological polar surface area (TPSA) is 109 Å². The van der Waals surface area contributed by atoms with Crippen LogP contribution in [0.5, 0.6) is 5.75 Å². The number of ketones is 1. The van der Waals surface area contributed by atoms with Crippen LogP contribution in [0, 0.1) is 0 Å². The Labute approximate surface area is 228 Å². The predicted octanol–water partition coefficient (Wildman–Crippen LogP) is 4.52. The molecule has 4 rings (SSSR count). The second-order valence-electron chi connectivity index (χ2n) is 8.61. The number of Topliss-reactive ketones (excluding diaryl/α,β-unsaturated/α-hetero) is 1. The summed E-state index contributed by atoms with van der Waals surface area (Å²) in [7, 11) is 0. The van der Waals surface area contributed by atoms with Gasteiger partial charge in [-0.05, 0) is 60.4 Å². The number of nitrogens with zero attached hydrogens (tertiary/aromatic N) is 1. The number of carbonyl (C=O) groups excluding carboxylic acids is 1. The maximum Gasteiger partial charge on any atom is 0.194 e. The third-order valence-electron chi connectivity index (χ3n) is 6.01. The Kier molecular flexibility index (Phi) is 9.36. The summed E-state index contributed by atoms with van der Waals surface area (Å²) in [5.41, 5.74) is 2.42. The Morgan fingerprint density at radius 3 is 2.49 bits per heavy atom. The van der Waals surface area contributed by atoms with Crippen LogP contribution in [0.1, 0.15) is 39.4 Å². The summed E-state index contributed by atoms with van der Waals surface area (Å²) in [6.45, 7) is 2.34. The van der Waals surface area contributed by atoms with Gasteiger partial charge in [-0.15, -0.1) is 11.3 Å². The first-order valence-corrected chi connectivity index (χ1v) is 13.3. The van der Waals surface area contributed by atoms with Crippen molar-refractivity contribution in [2.24, 2.45) is 4.99 Å². The number of aliphatic hydroxyl groups is 3. The number of benzene rings is 2. The van der Waals surface area contributed by atoms with Crippen molar-refractivity contribution in [3.8, 4) is 5.75 Å². The van der Waals surface area contributed by atoms with Crippen LogP contribution in [0.15, 0.2) is 59.6 Å². The Balaban J connectivity index is 1.49. The lowest BCUT2D eigenvalue weighted by Gasteiger charge is -2.39. The number of hydrogen-bond donors (Lipinski definition) is 3. The van der Waals surface area contributed by atoms with Gasteiger partial charge in [0.15, 0.2) is 5.78 Å². The van der Waals surface area contributed by atoms with E-state index in [0.717, 1.165) is 28.2 Å². The fourth-order valence-corrected chi connectivity index (χ4v) is 5.24. The van der Waals surface area contributed by atoms with E-state index in [1.54, 1.807) is 24.3 Å². The highest BCUT2D eigenvalue weighted by molar-refractivity contribution is 7.18. The van der Waals surface area contributed by atoms with Gasteiger partial charge in [0, 0.05) is 11.2 Å². The third kappa shape index (κ3) is 6.78. The van der Waals surface area contributed by atoms with Crippen LogP contribution >= 0.6 is 34.5 Å². The second kappa shape index (κ2) is 12.5. The highest BCUT2D eigenvalue weighted by Crippen LogP contribution is 2.34. The molecule has 0 amide bonds. The molecule has 2 aromatic carbocycles. The van der Waals surface area contributed by atoms with E-state index in [4.69, 9.17) is 32.7 Å². The molecule has 3 aromatic rings. The van der Waals surface area contributed by atoms with Crippen molar-refractivity contribution in [3.63, 3.8) is 0 Å². The molecule has 10 heteroatoms. The molecule has 0 bridgehead atoms. The van der Waals surface area contributed by atoms with Crippen LogP contribution in [0.3, 0.4) is 0 Å². The maximum atomic E-state index is 12.3. The quantitative estimate of drug-likeness (QED) is 0.261. The van der Waals surface area contributed by atoms with E-state index in [1.807, 2.05) is 37.3 Å². The van der Waals surface area contributed by atoms with Crippen LogP contribution in [-0.2, 0) is 11.2 Å². The standard InChI is InChI=1S/C27H27Cl2NO6S/c1-2-35-18-6-3-15(4-7-18)11-17-12-16(5-8-19(17)28)27-26(34)25(33)24(32)21(36-27)14-30-13-20(31)22-9-10-23(29)37-22/h3-10,12,14,21,24-27,32-34H,2,11,13H2,1H3/t21-,24-,25+,26-,27+/m1/s1. The maximum absolute atomic E-state index is 12.3. The van der Waals surface area contributed by atoms with Gasteiger partial charge in [-0.2, -0.15) is 0 Å². The molecular weight excluding hydrogens is 537 g/mol. The Hall–Kier alpha value is -2.30. The van der Waals surface area contributed by atoms with Crippen LogP contribution in [0.2, 0.25) is 9.36 Å². The minimum absolute atomic E-state index is 0.167. The molecule has 0 saturated carbocycles. The summed E-state index contributed by atoms with van der Waals surface area (Å²) >= 11 is 13.5. The fraction of sp³-hybridized carbons (Fsp3) is 0.333. The molecule has 37 heavy (non-hydrogen) atoms. The van der Waals surface area contributed by atoms with Gasteiger partial charge in [-0.1, -0.05) is 47.5 Å². The Bertz CT molecular complexity index is 1250. The summed E-state index contributed by atoms with van der Waals surface area (Å²) in [5, 5.41) is 32.2. The summed E-state index contributed by atoms with van der Waals surface area (Å²) in [6, 6.07) is 16.2. The van der Waals surface area contributed by atoms with Crippen molar-refractivity contribution in [1.29, 1.82) is 0 Å². The fourth-order valence-electron chi connectivity index (χ4n) is 4.08. The predicted molar refractivity (Wildman–Crippen MR) is 145 cm³/mol. The van der Waals surface area contributed by atoms with Gasteiger partial charge in [0.2, 0.25) is 0 Å². The Morgan fingerprint density at radius 1 is 1.05 bits per heavy atom. The lowest BCUT2D eigenvalue weighted by Crippen LogP contribution is -2.54. The van der Waals surface area contributed by atoms with Gasteiger partial charge in [-0.25, -0.2) is 0 Å². The number of hydrogen-bond acceptors (Lipinski definition) is 8. The van der Waals surface area contributed by atoms with Gasteiger partial charge in [0.1, 0.15) is 42.8 Å². The first-order chi connectivity index (χ1) is 17.8. The molecular formula is C27H27Cl2NO6S. The summed E-state index contributed by atoms with van der Waals surface area (Å²) in [5.74, 6) is 0.554. The van der Waals surface area contributed by atoms with Crippen molar-refractivity contribution < 1.29 is 29.6 Å². The zero-order valence-corrected chi connectivity index (χ0v) is 22.3. The van der Waals surface area contributed by atoms with Crippen LogP contribution in [0.25, 0.3) is 0 Å². The van der Waals surface area contributed by atoms with Crippen LogP contribution < -0.4 is 4.74 Å². The lowest BCUT2D eigenvalue weighted by atomic mass is 9.90. The van der Waals surface area contributed by atoms with E-state index in [9.17, 15) is 20.1 Å². The number of halogens is 2. The number of thiophene rings is 1. The number of aliphatic imine (C=N–C) groups is 1. The van der Waals surface area contributed by atoms with E-state index in [-0.39, 0.29) is 12.3 Å². The molecule has 1 aliphatic heterocycles. The number of ether oxygens (including phenoxy) is 2. The van der Waals surface area contributed by atoms with Crippen molar-refractivity contribution >= 4 is 46.5 Å². The molecule has 1 aliphatic rings. The van der Waals surface area contributed by atoms with E-state index in [1.165, 1.54) is 6.21 Å². The highest BCUT2D eigenvalue weighted by atomic mass is 35.5. The zero-order valence-electron chi connectivity index (χ0n) is 20.0. The minimum atomic E-state index is -1.48. The first kappa shape index (κ1) is 27.7.